The first-order chi connectivity index (χ1) is 14.6. The average Bonchev–Trinajstić information content (AvgIpc) is 2.74. The maximum atomic E-state index is 12.7. The predicted molar refractivity (Wildman–Crippen MR) is 114 cm³/mol. The average molecular weight is 451 g/mol. The van der Waals surface area contributed by atoms with Crippen LogP contribution in [-0.2, 0) is 26.8 Å². The third kappa shape index (κ3) is 5.17. The predicted octanol–water partition coefficient (Wildman–Crippen LogP) is 3.79. The fraction of sp³-hybridized carbons (Fsp3) is 0.476. The number of nitriles is 1. The molecule has 0 aliphatic carbocycles. The second-order valence-electron chi connectivity index (χ2n) is 7.90. The van der Waals surface area contributed by atoms with E-state index in [2.05, 4.69) is 16.3 Å². The highest BCUT2D eigenvalue weighted by Gasteiger charge is 2.30. The second kappa shape index (κ2) is 9.24. The minimum Gasteiger partial charge on any atom is -0.370 e. The van der Waals surface area contributed by atoms with Crippen LogP contribution in [0.3, 0.4) is 0 Å². The number of likely N-dealkylation sites (tertiary alicyclic amines) is 1. The van der Waals surface area contributed by atoms with Gasteiger partial charge < -0.3 is 14.5 Å². The van der Waals surface area contributed by atoms with Crippen molar-refractivity contribution in [2.24, 2.45) is 20.0 Å². The lowest BCUT2D eigenvalue weighted by molar-refractivity contribution is -0.137. The van der Waals surface area contributed by atoms with Crippen LogP contribution in [0.1, 0.15) is 29.5 Å². The fourth-order valence-electron chi connectivity index (χ4n) is 3.94. The van der Waals surface area contributed by atoms with Gasteiger partial charge in [-0.3, -0.25) is 10.3 Å². The molecule has 1 atom stereocenters. The summed E-state index contributed by atoms with van der Waals surface area (Å²) in [6.07, 6.45) is -2.32. The Morgan fingerprint density at radius 3 is 2.52 bits per heavy atom. The Morgan fingerprint density at radius 2 is 1.90 bits per heavy atom. The fourth-order valence-corrected chi connectivity index (χ4v) is 4.12. The number of hydrogen-bond acceptors (Lipinski definition) is 5. The van der Waals surface area contributed by atoms with E-state index in [1.54, 1.807) is 18.7 Å². The van der Waals surface area contributed by atoms with Gasteiger partial charge in [-0.1, -0.05) is 12.1 Å². The first kappa shape index (κ1) is 23.0. The highest BCUT2D eigenvalue weighted by Crippen LogP contribution is 2.29. The lowest BCUT2D eigenvalue weighted by atomic mass is 9.97. The third-order valence-corrected chi connectivity index (χ3v) is 6.23. The summed E-state index contributed by atoms with van der Waals surface area (Å²) in [5.41, 5.74) is 0.533. The Kier molecular flexibility index (Phi) is 6.86. The van der Waals surface area contributed by atoms with Crippen LogP contribution in [0.4, 0.5) is 19.0 Å². The van der Waals surface area contributed by atoms with Crippen molar-refractivity contribution in [3.63, 3.8) is 0 Å². The highest BCUT2D eigenvalue weighted by molar-refractivity contribution is 7.71. The maximum absolute atomic E-state index is 12.7. The van der Waals surface area contributed by atoms with Crippen LogP contribution in [0.25, 0.3) is 0 Å². The van der Waals surface area contributed by atoms with E-state index in [0.29, 0.717) is 29.6 Å². The molecule has 1 aromatic heterocycles. The Morgan fingerprint density at radius 1 is 1.23 bits per heavy atom. The molecule has 0 saturated carbocycles. The van der Waals surface area contributed by atoms with Gasteiger partial charge in [0.1, 0.15) is 22.9 Å². The molecular formula is C21H25F3N6S. The van der Waals surface area contributed by atoms with Crippen molar-refractivity contribution in [2.75, 3.05) is 25.0 Å². The van der Waals surface area contributed by atoms with E-state index in [1.807, 2.05) is 0 Å². The minimum absolute atomic E-state index is 0.0701. The molecule has 1 unspecified atom stereocenters. The van der Waals surface area contributed by atoms with Crippen LogP contribution in [0.2, 0.25) is 0 Å². The molecule has 10 heteroatoms. The molecule has 2 heterocycles. The van der Waals surface area contributed by atoms with Crippen LogP contribution < -0.4 is 10.8 Å². The number of aromatic nitrogens is 2. The molecule has 2 aromatic rings. The first-order valence-electron chi connectivity index (χ1n) is 9.99. The molecular weight excluding hydrogens is 425 g/mol. The van der Waals surface area contributed by atoms with Gasteiger partial charge >= 0.3 is 6.18 Å². The zero-order chi connectivity index (χ0) is 22.8. The molecule has 0 bridgehead atoms. The summed E-state index contributed by atoms with van der Waals surface area (Å²) >= 11 is 5.35. The third-order valence-electron chi connectivity index (χ3n) is 5.68. The molecule has 1 fully saturated rings. The summed E-state index contributed by atoms with van der Waals surface area (Å²) in [7, 11) is 3.43. The molecule has 6 nitrogen and oxygen atoms in total. The molecule has 1 aliphatic rings. The topological polar surface area (TPSA) is 72.8 Å². The van der Waals surface area contributed by atoms with Crippen LogP contribution in [0.15, 0.2) is 24.3 Å². The van der Waals surface area contributed by atoms with E-state index in [0.717, 1.165) is 43.6 Å². The summed E-state index contributed by atoms with van der Waals surface area (Å²) in [5.74, 6) is 0.849. The molecule has 166 valence electrons. The van der Waals surface area contributed by atoms with Crippen LogP contribution in [0.5, 0.6) is 0 Å². The van der Waals surface area contributed by atoms with Gasteiger partial charge in [-0.15, -0.1) is 0 Å². The molecule has 2 N–H and O–H groups in total. The largest absolute Gasteiger partial charge is 0.416 e. The number of rotatable bonds is 5. The van der Waals surface area contributed by atoms with Gasteiger partial charge in [0.15, 0.2) is 4.77 Å². The summed E-state index contributed by atoms with van der Waals surface area (Å²) in [5, 5.41) is 21.0. The smallest absolute Gasteiger partial charge is 0.370 e. The van der Waals surface area contributed by atoms with Crippen molar-refractivity contribution in [1.29, 1.82) is 10.7 Å². The van der Waals surface area contributed by atoms with Crippen molar-refractivity contribution in [2.45, 2.75) is 25.6 Å². The zero-order valence-corrected chi connectivity index (χ0v) is 18.3. The summed E-state index contributed by atoms with van der Waals surface area (Å²) in [4.78, 5) is 2.24. The lowest BCUT2D eigenvalue weighted by Crippen LogP contribution is -2.38. The molecule has 1 aromatic carbocycles. The molecule has 1 saturated heterocycles. The number of anilines is 1. The molecule has 0 spiro atoms. The van der Waals surface area contributed by atoms with Gasteiger partial charge in [0, 0.05) is 33.7 Å². The van der Waals surface area contributed by atoms with Crippen molar-refractivity contribution in [3.05, 3.63) is 51.2 Å². The zero-order valence-electron chi connectivity index (χ0n) is 17.5. The van der Waals surface area contributed by atoms with E-state index in [1.165, 1.54) is 16.7 Å². The summed E-state index contributed by atoms with van der Waals surface area (Å²) < 4.78 is 41.9. The second-order valence-corrected chi connectivity index (χ2v) is 8.27. The number of alkyl halides is 3. The van der Waals surface area contributed by atoms with E-state index < -0.39 is 11.7 Å². The Labute approximate surface area is 184 Å². The Hall–Kier alpha value is -2.64. The van der Waals surface area contributed by atoms with Gasteiger partial charge in [0.05, 0.1) is 5.56 Å². The molecule has 0 radical (unpaired) electrons. The normalized spacial score (nSPS) is 17.4. The lowest BCUT2D eigenvalue weighted by Gasteiger charge is -2.33. The quantitative estimate of drug-likeness (QED) is 0.680. The molecule has 31 heavy (non-hydrogen) atoms. The van der Waals surface area contributed by atoms with E-state index in [9.17, 15) is 18.4 Å². The van der Waals surface area contributed by atoms with Crippen molar-refractivity contribution in [1.82, 2.24) is 14.0 Å². The summed E-state index contributed by atoms with van der Waals surface area (Å²) in [6, 6.07) is 7.42. The monoisotopic (exact) mass is 450 g/mol. The molecule has 1 aliphatic heterocycles. The van der Waals surface area contributed by atoms with Gasteiger partial charge in [-0.25, -0.2) is 0 Å². The maximum Gasteiger partial charge on any atom is 0.416 e. The Bertz CT molecular complexity index is 1090. The van der Waals surface area contributed by atoms with Gasteiger partial charge in [-0.2, -0.15) is 18.4 Å². The number of benzene rings is 1. The Balaban J connectivity index is 1.66. The number of halogens is 3. The molecule has 0 amide bonds. The summed E-state index contributed by atoms with van der Waals surface area (Å²) in [6.45, 7) is 2.91. The van der Waals surface area contributed by atoms with Crippen molar-refractivity contribution >= 4 is 18.0 Å². The minimum atomic E-state index is -4.32. The van der Waals surface area contributed by atoms with Crippen molar-refractivity contribution < 1.29 is 13.2 Å². The van der Waals surface area contributed by atoms with Gasteiger partial charge in [-0.05, 0) is 55.2 Å². The van der Waals surface area contributed by atoms with Crippen LogP contribution >= 0.6 is 12.2 Å². The number of hydrogen-bond donors (Lipinski definition) is 2. The number of piperidine rings is 1. The highest BCUT2D eigenvalue weighted by atomic mass is 32.1. The number of nitrogens with zero attached hydrogens (tertiary/aromatic N) is 4. The van der Waals surface area contributed by atoms with E-state index in [4.69, 9.17) is 17.6 Å². The van der Waals surface area contributed by atoms with E-state index >= 15 is 0 Å². The van der Waals surface area contributed by atoms with Crippen LogP contribution in [0, 0.1) is 27.4 Å². The SMILES string of the molecule is Cn1c(NCC2CCCN(Cc3ccc(C(F)(F)F)cc3)C2)c(C#N)c(=N)n(C)c1=S. The standard InChI is InChI=1S/C21H25F3N6S/c1-28-18(26)17(10-25)19(29(2)20(28)31)27-11-15-4-3-9-30(13-15)12-14-5-7-16(8-6-14)21(22,23)24/h5-8,15,26-27H,3-4,9,11-13H2,1-2H3. The first-order valence-corrected chi connectivity index (χ1v) is 10.4. The van der Waals surface area contributed by atoms with Gasteiger partial charge in [0.2, 0.25) is 0 Å². The number of nitrogens with one attached hydrogen (secondary N) is 2. The van der Waals surface area contributed by atoms with Crippen molar-refractivity contribution in [3.8, 4) is 6.07 Å². The van der Waals surface area contributed by atoms with Crippen LogP contribution in [-0.4, -0.2) is 33.7 Å². The molecule has 3 rings (SSSR count). The van der Waals surface area contributed by atoms with E-state index in [-0.39, 0.29) is 11.1 Å². The van der Waals surface area contributed by atoms with Gasteiger partial charge in [0.25, 0.3) is 0 Å².